The molecular weight excluding hydrogens is 526 g/mol. The highest BCUT2D eigenvalue weighted by atomic mass is 19.3. The van der Waals surface area contributed by atoms with Crippen LogP contribution >= 0.6 is 0 Å². The Morgan fingerprint density at radius 3 is 2.49 bits per heavy atom. The molecule has 3 aromatic carbocycles. The highest BCUT2D eigenvalue weighted by Gasteiger charge is 2.54. The van der Waals surface area contributed by atoms with Gasteiger partial charge in [-0.2, -0.15) is 0 Å². The van der Waals surface area contributed by atoms with Crippen LogP contribution in [-0.2, 0) is 19.9 Å². The Morgan fingerprint density at radius 1 is 1.00 bits per heavy atom. The van der Waals surface area contributed by atoms with E-state index in [1.807, 2.05) is 36.4 Å². The van der Waals surface area contributed by atoms with Crippen LogP contribution in [0.15, 0.2) is 66.7 Å². The molecule has 1 amide bonds. The molecule has 2 unspecified atom stereocenters. The van der Waals surface area contributed by atoms with Crippen LogP contribution in [0.25, 0.3) is 10.8 Å². The molecule has 8 heteroatoms. The molecule has 0 bridgehead atoms. The van der Waals surface area contributed by atoms with E-state index >= 15 is 0 Å². The summed E-state index contributed by atoms with van der Waals surface area (Å²) in [6, 6.07) is 20.6. The quantitative estimate of drug-likeness (QED) is 0.317. The lowest BCUT2D eigenvalue weighted by molar-refractivity contribution is -0.181. The average Bonchev–Trinajstić information content (AvgIpc) is 3.01. The van der Waals surface area contributed by atoms with Crippen LogP contribution < -0.4 is 10.1 Å². The van der Waals surface area contributed by atoms with Gasteiger partial charge in [-0.15, -0.1) is 0 Å². The van der Waals surface area contributed by atoms with Crippen molar-refractivity contribution in [2.75, 3.05) is 53.6 Å². The molecule has 0 radical (unpaired) electrons. The van der Waals surface area contributed by atoms with Crippen molar-refractivity contribution < 1.29 is 27.8 Å². The summed E-state index contributed by atoms with van der Waals surface area (Å²) in [6.45, 7) is 3.70. The predicted octanol–water partition coefficient (Wildman–Crippen LogP) is 5.75. The average molecular weight is 567 g/mol. The minimum Gasteiger partial charge on any atom is -0.493 e. The molecule has 1 N–H and O–H groups in total. The number of alkyl halides is 2. The van der Waals surface area contributed by atoms with Gasteiger partial charge in [0.25, 0.3) is 12.3 Å². The van der Waals surface area contributed by atoms with Gasteiger partial charge in [0, 0.05) is 58.4 Å². The van der Waals surface area contributed by atoms with Gasteiger partial charge < -0.3 is 24.4 Å². The highest BCUT2D eigenvalue weighted by molar-refractivity contribution is 5.95. The van der Waals surface area contributed by atoms with Gasteiger partial charge in [0.15, 0.2) is 0 Å². The summed E-state index contributed by atoms with van der Waals surface area (Å²) >= 11 is 0. The number of halogens is 2. The van der Waals surface area contributed by atoms with Crippen molar-refractivity contribution >= 4 is 16.7 Å². The van der Waals surface area contributed by atoms with Gasteiger partial charge in [-0.05, 0) is 53.6 Å². The Kier molecular flexibility index (Phi) is 9.22. The summed E-state index contributed by atoms with van der Waals surface area (Å²) in [5.74, 6) is 0.392. The molecule has 0 aromatic heterocycles. The van der Waals surface area contributed by atoms with Gasteiger partial charge in [-0.1, -0.05) is 60.7 Å². The number of hydrogen-bond donors (Lipinski definition) is 1. The van der Waals surface area contributed by atoms with Crippen molar-refractivity contribution in [3.8, 4) is 5.75 Å². The van der Waals surface area contributed by atoms with E-state index in [0.717, 1.165) is 55.5 Å². The van der Waals surface area contributed by atoms with Crippen LogP contribution in [0.3, 0.4) is 0 Å². The predicted molar refractivity (Wildman–Crippen MR) is 156 cm³/mol. The molecule has 220 valence electrons. The molecule has 6 nitrogen and oxygen atoms in total. The molecule has 3 aromatic rings. The Balaban J connectivity index is 1.40. The third-order valence-corrected chi connectivity index (χ3v) is 9.12. The van der Waals surface area contributed by atoms with Crippen molar-refractivity contribution in [1.29, 1.82) is 0 Å². The summed E-state index contributed by atoms with van der Waals surface area (Å²) < 4.78 is 46.9. The molecule has 5 rings (SSSR count). The number of piperidine rings is 2. The topological polar surface area (TPSA) is 60.0 Å². The number of hydrogen-bond acceptors (Lipinski definition) is 5. The molecule has 2 aliphatic heterocycles. The summed E-state index contributed by atoms with van der Waals surface area (Å²) in [4.78, 5) is 15.7. The first-order chi connectivity index (χ1) is 20.0. The van der Waals surface area contributed by atoms with Gasteiger partial charge in [0.2, 0.25) is 5.60 Å². The minimum absolute atomic E-state index is 0.0615. The van der Waals surface area contributed by atoms with Crippen molar-refractivity contribution in [3.63, 3.8) is 0 Å². The van der Waals surface area contributed by atoms with Gasteiger partial charge in [-0.3, -0.25) is 4.79 Å². The fourth-order valence-electron chi connectivity index (χ4n) is 6.85. The Labute approximate surface area is 241 Å². The van der Waals surface area contributed by atoms with Gasteiger partial charge >= 0.3 is 0 Å². The van der Waals surface area contributed by atoms with Crippen LogP contribution in [0.2, 0.25) is 0 Å². The van der Waals surface area contributed by atoms with E-state index in [1.165, 1.54) is 7.11 Å². The normalized spacial score (nSPS) is 20.3. The molecule has 2 heterocycles. The fourth-order valence-corrected chi connectivity index (χ4v) is 6.85. The van der Waals surface area contributed by atoms with E-state index in [9.17, 15) is 13.6 Å². The number of rotatable bonds is 10. The SMILES string of the molecule is COCCCOc1ccccc1C1CNCCC12CCN(C(=O)C(OC)(c1cccc3ccccc13)C(F)F)CC2. The van der Waals surface area contributed by atoms with Crippen molar-refractivity contribution in [2.45, 2.75) is 43.6 Å². The molecule has 41 heavy (non-hydrogen) atoms. The highest BCUT2D eigenvalue weighted by Crippen LogP contribution is 2.51. The zero-order valence-electron chi connectivity index (χ0n) is 23.9. The lowest BCUT2D eigenvalue weighted by Crippen LogP contribution is -2.57. The second kappa shape index (κ2) is 12.8. The summed E-state index contributed by atoms with van der Waals surface area (Å²) in [5, 5.41) is 4.94. The van der Waals surface area contributed by atoms with Crippen LogP contribution in [0.1, 0.15) is 42.7 Å². The molecule has 2 fully saturated rings. The van der Waals surface area contributed by atoms with Crippen LogP contribution in [0.5, 0.6) is 5.75 Å². The van der Waals surface area contributed by atoms with E-state index in [4.69, 9.17) is 14.2 Å². The number of methoxy groups -OCH3 is 2. The van der Waals surface area contributed by atoms with E-state index in [1.54, 1.807) is 36.3 Å². The van der Waals surface area contributed by atoms with Crippen LogP contribution in [0, 0.1) is 5.41 Å². The lowest BCUT2D eigenvalue weighted by atomic mass is 9.62. The van der Waals surface area contributed by atoms with Gasteiger partial charge in [0.1, 0.15) is 5.75 Å². The summed E-state index contributed by atoms with van der Waals surface area (Å²) in [5.41, 5.74) is -1.07. The van der Waals surface area contributed by atoms with Crippen LogP contribution in [0.4, 0.5) is 8.78 Å². The van der Waals surface area contributed by atoms with Gasteiger partial charge in [0.05, 0.1) is 6.61 Å². The zero-order valence-corrected chi connectivity index (χ0v) is 23.9. The Morgan fingerprint density at radius 2 is 1.73 bits per heavy atom. The number of nitrogens with zero attached hydrogens (tertiary/aromatic N) is 1. The first-order valence-corrected chi connectivity index (χ1v) is 14.5. The number of fused-ring (bicyclic) bond motifs is 1. The molecule has 0 aliphatic carbocycles. The lowest BCUT2D eigenvalue weighted by Gasteiger charge is -2.50. The first-order valence-electron chi connectivity index (χ1n) is 14.5. The van der Waals surface area contributed by atoms with Crippen molar-refractivity contribution in [2.24, 2.45) is 5.41 Å². The van der Waals surface area contributed by atoms with Crippen LogP contribution in [-0.4, -0.2) is 70.8 Å². The molecular formula is C33H40F2N2O4. The first kappa shape index (κ1) is 29.4. The molecule has 1 spiro atoms. The maximum atomic E-state index is 15.0. The third-order valence-electron chi connectivity index (χ3n) is 9.12. The smallest absolute Gasteiger partial charge is 0.280 e. The summed E-state index contributed by atoms with van der Waals surface area (Å²) in [6.07, 6.45) is 0.169. The maximum Gasteiger partial charge on any atom is 0.280 e. The van der Waals surface area contributed by atoms with E-state index in [2.05, 4.69) is 11.4 Å². The standard InChI is InChI=1S/C33H40F2N2O4/c1-39-21-8-22-41-29-14-6-5-12-26(29)28-23-36-18-15-32(28)16-19-37(20-17-32)31(38)33(40-2,30(34)35)27-13-7-10-24-9-3-4-11-25(24)27/h3-7,9-14,28,30,36H,8,15-23H2,1-2H3. The van der Waals surface area contributed by atoms with Crippen molar-refractivity contribution in [3.05, 3.63) is 77.9 Å². The number of ether oxygens (including phenoxy) is 3. The fraction of sp³-hybridized carbons (Fsp3) is 0.485. The number of para-hydroxylation sites is 1. The number of amides is 1. The van der Waals surface area contributed by atoms with E-state index < -0.39 is 17.9 Å². The Hall–Kier alpha value is -3.07. The second-order valence-electron chi connectivity index (χ2n) is 11.2. The zero-order chi connectivity index (χ0) is 28.9. The van der Waals surface area contributed by atoms with E-state index in [0.29, 0.717) is 31.7 Å². The number of carbonyl (C=O) groups is 1. The second-order valence-corrected chi connectivity index (χ2v) is 11.2. The number of carbonyl (C=O) groups excluding carboxylic acids is 1. The third kappa shape index (κ3) is 5.57. The Bertz CT molecular complexity index is 1320. The molecule has 2 atom stereocenters. The largest absolute Gasteiger partial charge is 0.493 e. The van der Waals surface area contributed by atoms with Crippen molar-refractivity contribution in [1.82, 2.24) is 10.2 Å². The molecule has 2 saturated heterocycles. The molecule has 2 aliphatic rings. The summed E-state index contributed by atoms with van der Waals surface area (Å²) in [7, 11) is 2.90. The van der Waals surface area contributed by atoms with E-state index in [-0.39, 0.29) is 16.9 Å². The monoisotopic (exact) mass is 566 g/mol. The molecule has 0 saturated carbocycles. The number of benzene rings is 3. The van der Waals surface area contributed by atoms with Gasteiger partial charge in [-0.25, -0.2) is 8.78 Å². The minimum atomic E-state index is -3.03. The number of nitrogens with one attached hydrogen (secondary N) is 1. The maximum absolute atomic E-state index is 15.0. The number of likely N-dealkylation sites (tertiary alicyclic amines) is 1.